The molecule has 0 aromatic heterocycles. The Bertz CT molecular complexity index is 274. The third-order valence-electron chi connectivity index (χ3n) is 1.96. The zero-order chi connectivity index (χ0) is 10.9. The van der Waals surface area contributed by atoms with E-state index < -0.39 is 0 Å². The molecule has 1 aliphatic heterocycles. The molecule has 0 unspecified atom stereocenters. The van der Waals surface area contributed by atoms with E-state index in [0.717, 1.165) is 26.2 Å². The smallest absolute Gasteiger partial charge is 0.228 e. The van der Waals surface area contributed by atoms with Gasteiger partial charge in [0.15, 0.2) is 0 Å². The van der Waals surface area contributed by atoms with Gasteiger partial charge in [0.25, 0.3) is 0 Å². The number of hydrogen-bond acceptors (Lipinski definition) is 3. The van der Waals surface area contributed by atoms with Gasteiger partial charge in [0, 0.05) is 31.7 Å². The maximum atomic E-state index is 10.6. The van der Waals surface area contributed by atoms with E-state index in [0.29, 0.717) is 5.56 Å². The number of carbonyl (C=O) groups excluding carboxylic acids is 1. The van der Waals surface area contributed by atoms with Crippen molar-refractivity contribution in [1.29, 1.82) is 0 Å². The number of halogens is 1. The number of rotatable bonds is 1. The first-order chi connectivity index (χ1) is 7.30. The topological polar surface area (TPSA) is 41.1 Å². The minimum absolute atomic E-state index is 0.0666. The summed E-state index contributed by atoms with van der Waals surface area (Å²) < 4.78 is -0.0666. The molecule has 1 aromatic rings. The number of benzene rings is 1. The summed E-state index contributed by atoms with van der Waals surface area (Å²) in [6.07, 6.45) is 0. The van der Waals surface area contributed by atoms with E-state index in [1.54, 1.807) is 12.1 Å². The summed E-state index contributed by atoms with van der Waals surface area (Å²) in [7, 11) is 0. The van der Waals surface area contributed by atoms with Crippen molar-refractivity contribution in [2.24, 2.45) is 0 Å². The first-order valence-electron chi connectivity index (χ1n) is 4.97. The SMILES string of the molecule is C1CNCCN1.O=C(Br)c1ccccc1. The lowest BCUT2D eigenvalue weighted by Crippen LogP contribution is -2.39. The van der Waals surface area contributed by atoms with Crippen LogP contribution in [-0.2, 0) is 0 Å². The third-order valence-corrected chi connectivity index (χ3v) is 2.42. The van der Waals surface area contributed by atoms with Gasteiger partial charge >= 0.3 is 0 Å². The highest BCUT2D eigenvalue weighted by molar-refractivity contribution is 9.18. The molecule has 2 rings (SSSR count). The summed E-state index contributed by atoms with van der Waals surface area (Å²) in [5.41, 5.74) is 0.692. The van der Waals surface area contributed by atoms with Gasteiger partial charge in [0.2, 0.25) is 4.69 Å². The van der Waals surface area contributed by atoms with Crippen LogP contribution in [0.1, 0.15) is 10.4 Å². The molecule has 15 heavy (non-hydrogen) atoms. The third kappa shape index (κ3) is 5.67. The maximum Gasteiger partial charge on any atom is 0.228 e. The Labute approximate surface area is 98.4 Å². The molecular weight excluding hydrogens is 256 g/mol. The predicted molar refractivity (Wildman–Crippen MR) is 65.4 cm³/mol. The molecule has 0 amide bonds. The molecule has 0 aliphatic carbocycles. The van der Waals surface area contributed by atoms with Crippen LogP contribution in [0.2, 0.25) is 0 Å². The number of carbonyl (C=O) groups is 1. The molecular formula is C11H15BrN2O. The molecule has 1 saturated heterocycles. The van der Waals surface area contributed by atoms with E-state index in [2.05, 4.69) is 26.6 Å². The Hall–Kier alpha value is -0.710. The molecule has 1 aromatic carbocycles. The van der Waals surface area contributed by atoms with Crippen molar-refractivity contribution in [1.82, 2.24) is 10.6 Å². The summed E-state index contributed by atoms with van der Waals surface area (Å²) in [5.74, 6) is 0. The van der Waals surface area contributed by atoms with Crippen LogP contribution in [0.5, 0.6) is 0 Å². The number of piperazine rings is 1. The Morgan fingerprint density at radius 3 is 1.73 bits per heavy atom. The summed E-state index contributed by atoms with van der Waals surface area (Å²) in [6.45, 7) is 4.56. The van der Waals surface area contributed by atoms with Crippen LogP contribution in [0.4, 0.5) is 0 Å². The van der Waals surface area contributed by atoms with E-state index >= 15 is 0 Å². The van der Waals surface area contributed by atoms with Crippen LogP contribution in [0, 0.1) is 0 Å². The second-order valence-electron chi connectivity index (χ2n) is 3.14. The second kappa shape index (κ2) is 7.56. The minimum Gasteiger partial charge on any atom is -0.314 e. The lowest BCUT2D eigenvalue weighted by Gasteiger charge is -2.11. The lowest BCUT2D eigenvalue weighted by molar-refractivity contribution is 0.109. The fourth-order valence-corrected chi connectivity index (χ4v) is 1.44. The van der Waals surface area contributed by atoms with Crippen molar-refractivity contribution in [2.75, 3.05) is 26.2 Å². The average molecular weight is 271 g/mol. The maximum absolute atomic E-state index is 10.6. The molecule has 3 nitrogen and oxygen atoms in total. The van der Waals surface area contributed by atoms with E-state index in [1.807, 2.05) is 18.2 Å². The fraction of sp³-hybridized carbons (Fsp3) is 0.364. The Balaban J connectivity index is 0.000000162. The fourth-order valence-electron chi connectivity index (χ4n) is 1.17. The van der Waals surface area contributed by atoms with Gasteiger partial charge in [-0.2, -0.15) is 0 Å². The molecule has 0 saturated carbocycles. The van der Waals surface area contributed by atoms with Crippen molar-refractivity contribution >= 4 is 20.6 Å². The van der Waals surface area contributed by atoms with Crippen molar-refractivity contribution in [3.63, 3.8) is 0 Å². The molecule has 4 heteroatoms. The van der Waals surface area contributed by atoms with Crippen LogP contribution >= 0.6 is 15.9 Å². The van der Waals surface area contributed by atoms with Crippen LogP contribution in [0.15, 0.2) is 30.3 Å². The molecule has 0 spiro atoms. The standard InChI is InChI=1S/C7H5BrO.C4H10N2/c8-7(9)6-4-2-1-3-5-6;1-2-6-4-3-5-1/h1-5H;5-6H,1-4H2. The van der Waals surface area contributed by atoms with Crippen molar-refractivity contribution in [3.05, 3.63) is 35.9 Å². The first-order valence-corrected chi connectivity index (χ1v) is 5.76. The Morgan fingerprint density at radius 2 is 1.47 bits per heavy atom. The first kappa shape index (κ1) is 12.4. The van der Waals surface area contributed by atoms with Gasteiger partial charge < -0.3 is 10.6 Å². The van der Waals surface area contributed by atoms with Crippen LogP contribution in [0.25, 0.3) is 0 Å². The number of nitrogens with one attached hydrogen (secondary N) is 2. The predicted octanol–water partition coefficient (Wildman–Crippen LogP) is 1.40. The van der Waals surface area contributed by atoms with E-state index in [-0.39, 0.29) is 4.69 Å². The summed E-state index contributed by atoms with van der Waals surface area (Å²) in [5, 5.41) is 6.44. The molecule has 0 radical (unpaired) electrons. The highest BCUT2D eigenvalue weighted by Gasteiger charge is 1.95. The molecule has 1 fully saturated rings. The average Bonchev–Trinajstić information content (AvgIpc) is 2.33. The highest BCUT2D eigenvalue weighted by Crippen LogP contribution is 2.03. The van der Waals surface area contributed by atoms with Crippen LogP contribution in [-0.4, -0.2) is 30.9 Å². The van der Waals surface area contributed by atoms with Gasteiger partial charge in [-0.1, -0.05) is 30.3 Å². The zero-order valence-electron chi connectivity index (χ0n) is 8.50. The second-order valence-corrected chi connectivity index (χ2v) is 3.86. The summed E-state index contributed by atoms with van der Waals surface area (Å²) >= 11 is 2.84. The largest absolute Gasteiger partial charge is 0.314 e. The molecule has 1 heterocycles. The number of hydrogen-bond donors (Lipinski definition) is 2. The quantitative estimate of drug-likeness (QED) is 0.759. The van der Waals surface area contributed by atoms with Crippen LogP contribution in [0.3, 0.4) is 0 Å². The lowest BCUT2D eigenvalue weighted by atomic mass is 10.2. The monoisotopic (exact) mass is 270 g/mol. The van der Waals surface area contributed by atoms with Gasteiger partial charge in [-0.25, -0.2) is 0 Å². The minimum atomic E-state index is -0.0666. The normalized spacial score (nSPS) is 15.0. The van der Waals surface area contributed by atoms with Gasteiger partial charge in [-0.05, 0) is 15.9 Å². The molecule has 0 bridgehead atoms. The van der Waals surface area contributed by atoms with E-state index in [1.165, 1.54) is 0 Å². The van der Waals surface area contributed by atoms with Crippen molar-refractivity contribution in [2.45, 2.75) is 0 Å². The summed E-state index contributed by atoms with van der Waals surface area (Å²) in [6, 6.07) is 9.05. The Kier molecular flexibility index (Phi) is 6.23. The van der Waals surface area contributed by atoms with E-state index in [4.69, 9.17) is 0 Å². The van der Waals surface area contributed by atoms with E-state index in [9.17, 15) is 4.79 Å². The van der Waals surface area contributed by atoms with Crippen LogP contribution < -0.4 is 10.6 Å². The van der Waals surface area contributed by atoms with Gasteiger partial charge in [0.1, 0.15) is 0 Å². The van der Waals surface area contributed by atoms with Crippen molar-refractivity contribution in [3.8, 4) is 0 Å². The zero-order valence-corrected chi connectivity index (χ0v) is 10.1. The molecule has 1 aliphatic rings. The molecule has 82 valence electrons. The Morgan fingerprint density at radius 1 is 1.00 bits per heavy atom. The van der Waals surface area contributed by atoms with Gasteiger partial charge in [-0.3, -0.25) is 4.79 Å². The van der Waals surface area contributed by atoms with Crippen molar-refractivity contribution < 1.29 is 4.79 Å². The summed E-state index contributed by atoms with van der Waals surface area (Å²) in [4.78, 5) is 10.6. The molecule has 0 atom stereocenters. The molecule has 2 N–H and O–H groups in total. The highest BCUT2D eigenvalue weighted by atomic mass is 79.9. The van der Waals surface area contributed by atoms with Gasteiger partial charge in [0.05, 0.1) is 0 Å². The van der Waals surface area contributed by atoms with Gasteiger partial charge in [-0.15, -0.1) is 0 Å².